The van der Waals surface area contributed by atoms with Crippen LogP contribution in [-0.2, 0) is 38.2 Å². The van der Waals surface area contributed by atoms with E-state index in [1.807, 2.05) is 59.8 Å². The lowest BCUT2D eigenvalue weighted by Gasteiger charge is -2.13. The van der Waals surface area contributed by atoms with Gasteiger partial charge in [-0.1, -0.05) is 95.0 Å². The van der Waals surface area contributed by atoms with Crippen LogP contribution in [0.15, 0.2) is 95.2 Å². The summed E-state index contributed by atoms with van der Waals surface area (Å²) in [4.78, 5) is 61.3. The summed E-state index contributed by atoms with van der Waals surface area (Å²) in [5, 5.41) is 0. The highest BCUT2D eigenvalue weighted by molar-refractivity contribution is 6.01. The number of allylic oxidation sites excluding steroid dienone is 11. The zero-order chi connectivity index (χ0) is 38.4. The molecule has 0 spiro atoms. The molecule has 8 heteroatoms. The minimum absolute atomic E-state index is 0.0204. The van der Waals surface area contributed by atoms with Crippen LogP contribution in [0.25, 0.3) is 0 Å². The van der Waals surface area contributed by atoms with Crippen LogP contribution in [0.5, 0.6) is 0 Å². The first kappa shape index (κ1) is 41.1. The average molecular weight is 701 g/mol. The highest BCUT2D eigenvalue weighted by Gasteiger charge is 2.63. The van der Waals surface area contributed by atoms with Crippen molar-refractivity contribution in [1.82, 2.24) is 0 Å². The van der Waals surface area contributed by atoms with Gasteiger partial charge in [0.2, 0.25) is 0 Å². The zero-order valence-corrected chi connectivity index (χ0v) is 32.1. The van der Waals surface area contributed by atoms with Crippen LogP contribution >= 0.6 is 0 Å². The lowest BCUT2D eigenvalue weighted by atomic mass is 10.1. The molecule has 51 heavy (non-hydrogen) atoms. The first-order valence-electron chi connectivity index (χ1n) is 17.7. The molecule has 4 aliphatic rings. The fourth-order valence-corrected chi connectivity index (χ4v) is 7.25. The maximum Gasteiger partial charge on any atom is 0.333 e. The first-order chi connectivity index (χ1) is 23.8. The van der Waals surface area contributed by atoms with Gasteiger partial charge in [-0.3, -0.25) is 19.2 Å². The Bertz CT molecular complexity index is 1630. The molecule has 6 atom stereocenters. The van der Waals surface area contributed by atoms with Crippen molar-refractivity contribution in [3.63, 3.8) is 0 Å². The fraction of sp³-hybridized carbons (Fsp3) is 0.512. The molecule has 0 amide bonds. The molecule has 276 valence electrons. The van der Waals surface area contributed by atoms with Gasteiger partial charge < -0.3 is 14.2 Å². The van der Waals surface area contributed by atoms with Crippen molar-refractivity contribution in [1.29, 1.82) is 0 Å². The molecule has 3 unspecified atom stereocenters. The molecule has 0 N–H and O–H groups in total. The van der Waals surface area contributed by atoms with Crippen LogP contribution in [0.2, 0.25) is 0 Å². The second-order valence-corrected chi connectivity index (χ2v) is 15.4. The minimum Gasteiger partial charge on any atom is -0.466 e. The number of esters is 3. The summed E-state index contributed by atoms with van der Waals surface area (Å²) in [7, 11) is 1.33. The van der Waals surface area contributed by atoms with Gasteiger partial charge in [-0.25, -0.2) is 4.79 Å². The van der Waals surface area contributed by atoms with Gasteiger partial charge in [0, 0.05) is 16.7 Å². The van der Waals surface area contributed by atoms with E-state index in [2.05, 4.69) is 33.1 Å². The molecule has 2 fully saturated rings. The number of methoxy groups -OCH3 is 1. The van der Waals surface area contributed by atoms with Crippen molar-refractivity contribution >= 4 is 29.5 Å². The van der Waals surface area contributed by atoms with Crippen molar-refractivity contribution in [3.8, 4) is 0 Å². The second-order valence-electron chi connectivity index (χ2n) is 15.4. The van der Waals surface area contributed by atoms with E-state index < -0.39 is 18.2 Å². The van der Waals surface area contributed by atoms with E-state index in [1.54, 1.807) is 31.2 Å². The number of ketones is 2. The first-order valence-corrected chi connectivity index (χ1v) is 17.7. The molecule has 0 saturated heterocycles. The van der Waals surface area contributed by atoms with E-state index in [0.717, 1.165) is 16.7 Å². The van der Waals surface area contributed by atoms with Gasteiger partial charge in [0.25, 0.3) is 0 Å². The van der Waals surface area contributed by atoms with Gasteiger partial charge in [-0.05, 0) is 81.3 Å². The van der Waals surface area contributed by atoms with E-state index in [0.29, 0.717) is 24.0 Å². The Kier molecular flexibility index (Phi) is 13.5. The van der Waals surface area contributed by atoms with Crippen molar-refractivity contribution in [2.75, 3.05) is 7.11 Å². The molecular formula is C43H56O8. The highest BCUT2D eigenvalue weighted by atomic mass is 16.6. The van der Waals surface area contributed by atoms with Crippen LogP contribution in [0.4, 0.5) is 0 Å². The second kappa shape index (κ2) is 16.8. The summed E-state index contributed by atoms with van der Waals surface area (Å²) in [6.07, 6.45) is 15.3. The zero-order valence-electron chi connectivity index (χ0n) is 32.1. The van der Waals surface area contributed by atoms with Gasteiger partial charge in [-0.15, -0.1) is 0 Å². The Labute approximate surface area is 304 Å². The van der Waals surface area contributed by atoms with E-state index in [4.69, 9.17) is 14.2 Å². The van der Waals surface area contributed by atoms with Crippen LogP contribution in [0.1, 0.15) is 88.0 Å². The van der Waals surface area contributed by atoms with Gasteiger partial charge in [-0.2, -0.15) is 0 Å². The smallest absolute Gasteiger partial charge is 0.333 e. The molecule has 0 aromatic carbocycles. The van der Waals surface area contributed by atoms with Gasteiger partial charge in [0.05, 0.1) is 31.8 Å². The third-order valence-electron chi connectivity index (χ3n) is 10.8. The van der Waals surface area contributed by atoms with Crippen molar-refractivity contribution in [2.24, 2.45) is 34.5 Å². The number of hydrogen-bond donors (Lipinski definition) is 0. The third kappa shape index (κ3) is 9.52. The maximum absolute atomic E-state index is 12.7. The molecule has 4 rings (SSSR count). The lowest BCUT2D eigenvalue weighted by molar-refractivity contribution is -0.151. The number of rotatable bonds is 13. The van der Waals surface area contributed by atoms with Crippen molar-refractivity contribution in [2.45, 2.75) is 100 Å². The summed E-state index contributed by atoms with van der Waals surface area (Å²) < 4.78 is 16.1. The van der Waals surface area contributed by atoms with Crippen molar-refractivity contribution in [3.05, 3.63) is 95.2 Å². The Morgan fingerprint density at radius 3 is 1.47 bits per heavy atom. The molecule has 0 aliphatic heterocycles. The predicted molar refractivity (Wildman–Crippen MR) is 199 cm³/mol. The van der Waals surface area contributed by atoms with E-state index >= 15 is 0 Å². The molecule has 0 aromatic heterocycles. The molecule has 0 bridgehead atoms. The molecule has 0 aromatic rings. The summed E-state index contributed by atoms with van der Waals surface area (Å²) in [5.74, 6) is -1.10. The fourth-order valence-electron chi connectivity index (χ4n) is 7.25. The lowest BCUT2D eigenvalue weighted by Crippen LogP contribution is -2.20. The normalized spacial score (nSPS) is 27.6. The summed E-state index contributed by atoms with van der Waals surface area (Å²) in [5.41, 5.74) is 4.52. The topological polar surface area (TPSA) is 113 Å². The molecule has 0 heterocycles. The van der Waals surface area contributed by atoms with E-state index in [1.165, 1.54) is 12.7 Å². The number of Topliss-reactive ketones (excluding diaryl/α,β-unsaturated/α-hetero) is 2. The van der Waals surface area contributed by atoms with Crippen LogP contribution < -0.4 is 0 Å². The van der Waals surface area contributed by atoms with Crippen LogP contribution in [0, 0.1) is 34.5 Å². The summed E-state index contributed by atoms with van der Waals surface area (Å²) >= 11 is 0. The molecule has 4 aliphatic carbocycles. The molecule has 0 radical (unpaired) electrons. The molecular weight excluding hydrogens is 644 g/mol. The highest BCUT2D eigenvalue weighted by Crippen LogP contribution is 2.61. The number of carbonyl (C=O) groups is 5. The Hall–Kier alpha value is -4.33. The largest absolute Gasteiger partial charge is 0.466 e. The minimum atomic E-state index is -0.500. The van der Waals surface area contributed by atoms with Gasteiger partial charge in [0.1, 0.15) is 12.2 Å². The monoisotopic (exact) mass is 700 g/mol. The summed E-state index contributed by atoms with van der Waals surface area (Å²) in [6.45, 7) is 24.9. The van der Waals surface area contributed by atoms with Gasteiger partial charge >= 0.3 is 17.9 Å². The summed E-state index contributed by atoms with van der Waals surface area (Å²) in [6, 6.07) is 0. The molecule has 2 saturated carbocycles. The standard InChI is InChI=1S/C22H28O5.C21H28O3/c1-7-8-9-10-15-14(3)18(12-17(15)23)27-21(25)19-16(22(19,4)5)11-13(2)20(24)26-6;1-7-8-9-10-15-14(4)18(12-17(15)22)24-20(23)19-16(11-13(2)3)21(19,5)6/h7-9,11,16,18-19H,1,10,12H2,2-6H3;7-9,11,16,18-19H,1,10,12H2,2-6H3/b9-8+,13-11+;9-8+/t16-,18+,19+;/m1./s1. The number of hydrogen-bond acceptors (Lipinski definition) is 8. The molecule has 8 nitrogen and oxygen atoms in total. The van der Waals surface area contributed by atoms with E-state index in [-0.39, 0.29) is 70.8 Å². The SMILES string of the molecule is C=C/C=C/CC1=C(C)C(OC(=O)C2C(C=C(C)C)C2(C)C)CC1=O.C=C/C=C/CC1=C(C)[C@@H](OC(=O)[C@@H]2[C@@H](/C=C(\C)C(=O)OC)C2(C)C)CC1=O. The quantitative estimate of drug-likeness (QED) is 0.0621. The van der Waals surface area contributed by atoms with Gasteiger partial charge in [0.15, 0.2) is 11.6 Å². The van der Waals surface area contributed by atoms with E-state index in [9.17, 15) is 24.0 Å². The van der Waals surface area contributed by atoms with Crippen LogP contribution in [-0.4, -0.2) is 48.8 Å². The average Bonchev–Trinajstić information content (AvgIpc) is 3.70. The third-order valence-corrected chi connectivity index (χ3v) is 10.8. The Morgan fingerprint density at radius 2 is 1.12 bits per heavy atom. The number of ether oxygens (including phenoxy) is 3. The Morgan fingerprint density at radius 1 is 0.725 bits per heavy atom. The predicted octanol–water partition coefficient (Wildman–Crippen LogP) is 8.27. The van der Waals surface area contributed by atoms with Crippen LogP contribution in [0.3, 0.4) is 0 Å². The maximum atomic E-state index is 12.7. The van der Waals surface area contributed by atoms with Crippen molar-refractivity contribution < 1.29 is 38.2 Å². The Balaban J connectivity index is 0.000000277. The number of carbonyl (C=O) groups excluding carboxylic acids is 5.